The third-order valence-corrected chi connectivity index (χ3v) is 3.72. The first-order valence-electron chi connectivity index (χ1n) is 5.12. The van der Waals surface area contributed by atoms with Crippen LogP contribution in [0.4, 0.5) is 11.5 Å². The summed E-state index contributed by atoms with van der Waals surface area (Å²) in [6.45, 7) is 2.77. The van der Waals surface area contributed by atoms with Gasteiger partial charge in [-0.15, -0.1) is 0 Å². The Labute approximate surface area is 98.3 Å². The lowest BCUT2D eigenvalue weighted by Gasteiger charge is -2.10. The van der Waals surface area contributed by atoms with E-state index in [0.29, 0.717) is 5.82 Å². The van der Waals surface area contributed by atoms with E-state index in [0.717, 1.165) is 18.7 Å². The zero-order chi connectivity index (χ0) is 12.0. The van der Waals surface area contributed by atoms with Gasteiger partial charge in [0, 0.05) is 46.8 Å². The van der Waals surface area contributed by atoms with E-state index in [9.17, 15) is 4.21 Å². The summed E-state index contributed by atoms with van der Waals surface area (Å²) < 4.78 is 11.1. The highest BCUT2D eigenvalue weighted by molar-refractivity contribution is 7.84. The van der Waals surface area contributed by atoms with Gasteiger partial charge in [-0.3, -0.25) is 4.21 Å². The molecule has 2 unspecified atom stereocenters. The van der Waals surface area contributed by atoms with E-state index >= 15 is 0 Å². The largest absolute Gasteiger partial charge is 0.385 e. The molecule has 0 spiro atoms. The second-order valence-corrected chi connectivity index (χ2v) is 5.40. The number of nitrogen functional groups attached to an aromatic ring is 1. The van der Waals surface area contributed by atoms with Gasteiger partial charge < -0.3 is 10.7 Å². The molecule has 16 heavy (non-hydrogen) atoms. The summed E-state index contributed by atoms with van der Waals surface area (Å²) in [5.74, 6) is 5.88. The lowest BCUT2D eigenvalue weighted by atomic mass is 10.3. The monoisotopic (exact) mass is 242 g/mol. The molecule has 1 rings (SSSR count). The topological polar surface area (TPSA) is 80.0 Å². The molecule has 4 N–H and O–H groups in total. The maximum Gasteiger partial charge on any atom is 0.141 e. The average molecular weight is 242 g/mol. The van der Waals surface area contributed by atoms with Crippen molar-refractivity contribution in [3.05, 3.63) is 18.3 Å². The van der Waals surface area contributed by atoms with Crippen LogP contribution < -0.4 is 16.6 Å². The van der Waals surface area contributed by atoms with Crippen LogP contribution in [0.3, 0.4) is 0 Å². The van der Waals surface area contributed by atoms with E-state index in [1.54, 1.807) is 12.5 Å². The number of hydrogen-bond acceptors (Lipinski definition) is 5. The quantitative estimate of drug-likeness (QED) is 0.511. The van der Waals surface area contributed by atoms with Crippen LogP contribution in [-0.2, 0) is 10.8 Å². The van der Waals surface area contributed by atoms with Gasteiger partial charge in [0.1, 0.15) is 5.82 Å². The Morgan fingerprint density at radius 3 is 3.00 bits per heavy atom. The molecular formula is C10H18N4OS. The molecule has 1 aromatic heterocycles. The van der Waals surface area contributed by atoms with E-state index in [1.807, 2.05) is 19.1 Å². The number of pyridine rings is 1. The molecule has 90 valence electrons. The van der Waals surface area contributed by atoms with Crippen molar-refractivity contribution in [1.29, 1.82) is 0 Å². The Hall–Kier alpha value is -1.14. The molecule has 1 heterocycles. The molecule has 6 heteroatoms. The van der Waals surface area contributed by atoms with E-state index in [2.05, 4.69) is 15.7 Å². The molecule has 0 bridgehead atoms. The van der Waals surface area contributed by atoms with Crippen molar-refractivity contribution >= 4 is 22.3 Å². The molecule has 0 aliphatic heterocycles. The average Bonchev–Trinajstić information content (AvgIpc) is 2.29. The number of aromatic nitrogens is 1. The summed E-state index contributed by atoms with van der Waals surface area (Å²) in [6, 6.07) is 3.70. The number of anilines is 2. The summed E-state index contributed by atoms with van der Waals surface area (Å²) in [7, 11) is -0.759. The smallest absolute Gasteiger partial charge is 0.141 e. The predicted molar refractivity (Wildman–Crippen MR) is 68.7 cm³/mol. The van der Waals surface area contributed by atoms with Gasteiger partial charge >= 0.3 is 0 Å². The predicted octanol–water partition coefficient (Wildman–Crippen LogP) is 0.936. The third kappa shape index (κ3) is 4.16. The molecule has 0 fully saturated rings. The van der Waals surface area contributed by atoms with Crippen LogP contribution in [0, 0.1) is 0 Å². The molecule has 0 aliphatic carbocycles. The van der Waals surface area contributed by atoms with Crippen LogP contribution in [0.1, 0.15) is 13.3 Å². The Kier molecular flexibility index (Phi) is 5.21. The zero-order valence-corrected chi connectivity index (χ0v) is 10.4. The van der Waals surface area contributed by atoms with Gasteiger partial charge in [-0.05, 0) is 12.5 Å². The summed E-state index contributed by atoms with van der Waals surface area (Å²) in [4.78, 5) is 4.00. The first kappa shape index (κ1) is 12.9. The molecule has 0 saturated carbocycles. The minimum atomic E-state index is -0.759. The Balaban J connectivity index is 2.39. The van der Waals surface area contributed by atoms with Gasteiger partial charge in [-0.25, -0.2) is 10.8 Å². The highest BCUT2D eigenvalue weighted by atomic mass is 32.2. The van der Waals surface area contributed by atoms with Crippen molar-refractivity contribution in [1.82, 2.24) is 4.98 Å². The molecule has 5 nitrogen and oxygen atoms in total. The minimum absolute atomic E-state index is 0.210. The molecule has 0 aromatic carbocycles. The Morgan fingerprint density at radius 2 is 2.38 bits per heavy atom. The van der Waals surface area contributed by atoms with Crippen molar-refractivity contribution in [3.63, 3.8) is 0 Å². The van der Waals surface area contributed by atoms with Crippen molar-refractivity contribution in [2.24, 2.45) is 5.84 Å². The fourth-order valence-corrected chi connectivity index (χ4v) is 1.65. The zero-order valence-electron chi connectivity index (χ0n) is 9.56. The maximum atomic E-state index is 11.1. The lowest BCUT2D eigenvalue weighted by Crippen LogP contribution is -2.15. The fourth-order valence-electron chi connectivity index (χ4n) is 1.21. The first-order valence-corrected chi connectivity index (χ1v) is 6.74. The van der Waals surface area contributed by atoms with Crippen LogP contribution in [0.2, 0.25) is 0 Å². The number of hydrazine groups is 1. The molecule has 2 atom stereocenters. The van der Waals surface area contributed by atoms with Gasteiger partial charge in [-0.1, -0.05) is 6.92 Å². The minimum Gasteiger partial charge on any atom is -0.385 e. The number of nitrogens with zero attached hydrogens (tertiary/aromatic N) is 1. The fraction of sp³-hybridized carbons (Fsp3) is 0.500. The Morgan fingerprint density at radius 1 is 1.62 bits per heavy atom. The van der Waals surface area contributed by atoms with Crippen molar-refractivity contribution in [2.45, 2.75) is 18.6 Å². The SMILES string of the molecule is CC(CCNc1ccnc(NN)c1)S(C)=O. The number of nitrogens with two attached hydrogens (primary N) is 1. The number of hydrogen-bond donors (Lipinski definition) is 3. The highest BCUT2D eigenvalue weighted by Gasteiger charge is 2.05. The molecule has 0 radical (unpaired) electrons. The third-order valence-electron chi connectivity index (χ3n) is 2.35. The summed E-state index contributed by atoms with van der Waals surface area (Å²) >= 11 is 0. The summed E-state index contributed by atoms with van der Waals surface area (Å²) in [6.07, 6.45) is 4.28. The van der Waals surface area contributed by atoms with Crippen LogP contribution in [0.25, 0.3) is 0 Å². The molecule has 1 aromatic rings. The normalized spacial score (nSPS) is 14.2. The number of nitrogens with one attached hydrogen (secondary N) is 2. The molecule has 0 amide bonds. The molecular weight excluding hydrogens is 224 g/mol. The van der Waals surface area contributed by atoms with Gasteiger partial charge in [0.2, 0.25) is 0 Å². The van der Waals surface area contributed by atoms with Crippen molar-refractivity contribution < 1.29 is 4.21 Å². The van der Waals surface area contributed by atoms with Gasteiger partial charge in [0.25, 0.3) is 0 Å². The van der Waals surface area contributed by atoms with Crippen LogP contribution in [0.5, 0.6) is 0 Å². The van der Waals surface area contributed by atoms with E-state index in [1.165, 1.54) is 0 Å². The van der Waals surface area contributed by atoms with E-state index < -0.39 is 10.8 Å². The van der Waals surface area contributed by atoms with E-state index in [-0.39, 0.29) is 5.25 Å². The van der Waals surface area contributed by atoms with E-state index in [4.69, 9.17) is 5.84 Å². The van der Waals surface area contributed by atoms with Crippen molar-refractivity contribution in [2.75, 3.05) is 23.5 Å². The second kappa shape index (κ2) is 6.44. The number of rotatable bonds is 6. The van der Waals surface area contributed by atoms with Gasteiger partial charge in [0.05, 0.1) is 0 Å². The highest BCUT2D eigenvalue weighted by Crippen LogP contribution is 2.11. The standard InChI is InChI=1S/C10H18N4OS/c1-8(16(2)15)3-5-12-9-4-6-13-10(7-9)14-11/h4,6-8H,3,5,11H2,1-2H3,(H2,12,13,14). The van der Waals surface area contributed by atoms with Crippen LogP contribution in [-0.4, -0.2) is 27.2 Å². The molecule has 0 aliphatic rings. The van der Waals surface area contributed by atoms with Gasteiger partial charge in [0.15, 0.2) is 0 Å². The summed E-state index contributed by atoms with van der Waals surface area (Å²) in [5, 5.41) is 3.44. The Bertz CT molecular complexity index is 358. The second-order valence-electron chi connectivity index (χ2n) is 3.60. The van der Waals surface area contributed by atoms with Crippen LogP contribution >= 0.6 is 0 Å². The maximum absolute atomic E-state index is 11.1. The van der Waals surface area contributed by atoms with Crippen molar-refractivity contribution in [3.8, 4) is 0 Å². The van der Waals surface area contributed by atoms with Crippen LogP contribution in [0.15, 0.2) is 18.3 Å². The first-order chi connectivity index (χ1) is 7.63. The summed E-state index contributed by atoms with van der Waals surface area (Å²) in [5.41, 5.74) is 3.44. The molecule has 0 saturated heterocycles. The lowest BCUT2D eigenvalue weighted by molar-refractivity contribution is 0.672. The van der Waals surface area contributed by atoms with Gasteiger partial charge in [-0.2, -0.15) is 0 Å².